The molecule has 2 aromatic rings. The van der Waals surface area contributed by atoms with Crippen LogP contribution >= 0.6 is 0 Å². The van der Waals surface area contributed by atoms with Gasteiger partial charge in [-0.05, 0) is 18.1 Å². The van der Waals surface area contributed by atoms with Gasteiger partial charge in [0.25, 0.3) is 5.69 Å². The van der Waals surface area contributed by atoms with Crippen molar-refractivity contribution in [3.8, 4) is 6.07 Å². The molecule has 5 heteroatoms. The van der Waals surface area contributed by atoms with Gasteiger partial charge < -0.3 is 5.32 Å². The lowest BCUT2D eigenvalue weighted by Crippen LogP contribution is -2.06. The van der Waals surface area contributed by atoms with Gasteiger partial charge in [0.2, 0.25) is 0 Å². The monoisotopic (exact) mass is 267 g/mol. The Balaban J connectivity index is 2.03. The van der Waals surface area contributed by atoms with Gasteiger partial charge in [0.15, 0.2) is 0 Å². The molecule has 0 saturated carbocycles. The van der Waals surface area contributed by atoms with E-state index < -0.39 is 4.92 Å². The van der Waals surface area contributed by atoms with Crippen molar-refractivity contribution in [2.45, 2.75) is 6.42 Å². The molecule has 20 heavy (non-hydrogen) atoms. The van der Waals surface area contributed by atoms with Crippen LogP contribution in [0.25, 0.3) is 0 Å². The SMILES string of the molecule is N#Cc1cc([N+](=O)[O-])ccc1NCCc1ccccc1. The summed E-state index contributed by atoms with van der Waals surface area (Å²) in [6.07, 6.45) is 0.822. The van der Waals surface area contributed by atoms with E-state index in [4.69, 9.17) is 5.26 Å². The lowest BCUT2D eigenvalue weighted by Gasteiger charge is -2.08. The zero-order valence-corrected chi connectivity index (χ0v) is 10.7. The lowest BCUT2D eigenvalue weighted by molar-refractivity contribution is -0.384. The van der Waals surface area contributed by atoms with E-state index in [0.29, 0.717) is 12.2 Å². The van der Waals surface area contributed by atoms with Gasteiger partial charge in [-0.15, -0.1) is 0 Å². The number of nitro groups is 1. The summed E-state index contributed by atoms with van der Waals surface area (Å²) in [6.45, 7) is 0.663. The van der Waals surface area contributed by atoms with E-state index in [9.17, 15) is 10.1 Å². The van der Waals surface area contributed by atoms with Crippen LogP contribution in [0.4, 0.5) is 11.4 Å². The standard InChI is InChI=1S/C15H13N3O2/c16-11-13-10-14(18(19)20)6-7-15(13)17-9-8-12-4-2-1-3-5-12/h1-7,10,17H,8-9H2. The first kappa shape index (κ1) is 13.6. The van der Waals surface area contributed by atoms with Crippen LogP contribution in [0.2, 0.25) is 0 Å². The molecule has 0 aromatic heterocycles. The van der Waals surface area contributed by atoms with Crippen LogP contribution in [0.5, 0.6) is 0 Å². The summed E-state index contributed by atoms with van der Waals surface area (Å²) < 4.78 is 0. The summed E-state index contributed by atoms with van der Waals surface area (Å²) in [5.41, 5.74) is 2.02. The van der Waals surface area contributed by atoms with Crippen molar-refractivity contribution >= 4 is 11.4 Å². The number of nitrogens with one attached hydrogen (secondary N) is 1. The predicted molar refractivity (Wildman–Crippen MR) is 76.4 cm³/mol. The third kappa shape index (κ3) is 3.33. The second-order valence-corrected chi connectivity index (χ2v) is 4.26. The third-order valence-electron chi connectivity index (χ3n) is 2.91. The first-order chi connectivity index (χ1) is 9.70. The first-order valence-corrected chi connectivity index (χ1v) is 6.17. The van der Waals surface area contributed by atoms with Crippen molar-refractivity contribution in [2.24, 2.45) is 0 Å². The van der Waals surface area contributed by atoms with Gasteiger partial charge in [-0.25, -0.2) is 0 Å². The summed E-state index contributed by atoms with van der Waals surface area (Å²) in [5, 5.41) is 22.8. The minimum absolute atomic E-state index is 0.0739. The molecule has 100 valence electrons. The van der Waals surface area contributed by atoms with Gasteiger partial charge in [-0.3, -0.25) is 10.1 Å². The normalized spacial score (nSPS) is 9.75. The molecule has 5 nitrogen and oxygen atoms in total. The second kappa shape index (κ2) is 6.34. The Bertz CT molecular complexity index is 648. The Labute approximate surface area is 116 Å². The van der Waals surface area contributed by atoms with Crippen molar-refractivity contribution < 1.29 is 4.92 Å². The van der Waals surface area contributed by atoms with Crippen molar-refractivity contribution in [2.75, 3.05) is 11.9 Å². The molecule has 0 aliphatic rings. The minimum Gasteiger partial charge on any atom is -0.384 e. The maximum atomic E-state index is 10.7. The van der Waals surface area contributed by atoms with Gasteiger partial charge in [-0.1, -0.05) is 30.3 Å². The van der Waals surface area contributed by atoms with E-state index in [1.165, 1.54) is 17.7 Å². The van der Waals surface area contributed by atoms with Crippen molar-refractivity contribution in [3.63, 3.8) is 0 Å². The molecule has 0 radical (unpaired) electrons. The highest BCUT2D eigenvalue weighted by atomic mass is 16.6. The smallest absolute Gasteiger partial charge is 0.270 e. The molecule has 0 saturated heterocycles. The van der Waals surface area contributed by atoms with E-state index in [1.807, 2.05) is 36.4 Å². The average molecular weight is 267 g/mol. The van der Waals surface area contributed by atoms with Crippen LogP contribution in [-0.4, -0.2) is 11.5 Å². The van der Waals surface area contributed by atoms with Crippen LogP contribution in [0, 0.1) is 21.4 Å². The lowest BCUT2D eigenvalue weighted by atomic mass is 10.1. The van der Waals surface area contributed by atoms with Crippen LogP contribution in [0.1, 0.15) is 11.1 Å². The summed E-state index contributed by atoms with van der Waals surface area (Å²) in [6, 6.07) is 16.2. The number of benzene rings is 2. The zero-order chi connectivity index (χ0) is 14.4. The van der Waals surface area contributed by atoms with E-state index >= 15 is 0 Å². The fourth-order valence-corrected chi connectivity index (χ4v) is 1.88. The Morgan fingerprint density at radius 1 is 1.20 bits per heavy atom. The molecule has 0 aliphatic heterocycles. The van der Waals surface area contributed by atoms with Gasteiger partial charge in [-0.2, -0.15) is 5.26 Å². The number of non-ortho nitro benzene ring substituents is 1. The molecule has 0 heterocycles. The van der Waals surface area contributed by atoms with E-state index in [2.05, 4.69) is 5.32 Å². The highest BCUT2D eigenvalue weighted by molar-refractivity contribution is 5.61. The molecule has 0 spiro atoms. The molecular weight excluding hydrogens is 254 g/mol. The van der Waals surface area contributed by atoms with Crippen LogP contribution in [0.15, 0.2) is 48.5 Å². The number of hydrogen-bond donors (Lipinski definition) is 1. The number of nitriles is 1. The molecule has 1 N–H and O–H groups in total. The molecule has 2 aromatic carbocycles. The third-order valence-corrected chi connectivity index (χ3v) is 2.91. The quantitative estimate of drug-likeness (QED) is 0.666. The van der Waals surface area contributed by atoms with Crippen molar-refractivity contribution in [1.82, 2.24) is 0 Å². The summed E-state index contributed by atoms with van der Waals surface area (Å²) in [4.78, 5) is 10.1. The molecule has 0 aliphatic carbocycles. The van der Waals surface area contributed by atoms with Crippen molar-refractivity contribution in [1.29, 1.82) is 5.26 Å². The van der Waals surface area contributed by atoms with Crippen molar-refractivity contribution in [3.05, 3.63) is 69.8 Å². The number of nitrogens with zero attached hydrogens (tertiary/aromatic N) is 2. The van der Waals surface area contributed by atoms with Crippen LogP contribution in [-0.2, 0) is 6.42 Å². The van der Waals surface area contributed by atoms with Gasteiger partial charge >= 0.3 is 0 Å². The molecular formula is C15H13N3O2. The Hall–Kier alpha value is -2.87. The number of anilines is 1. The van der Waals surface area contributed by atoms with Crippen LogP contribution < -0.4 is 5.32 Å². The number of rotatable bonds is 5. The van der Waals surface area contributed by atoms with Gasteiger partial charge in [0.05, 0.1) is 16.2 Å². The Kier molecular flexibility index (Phi) is 4.30. The highest BCUT2D eigenvalue weighted by Crippen LogP contribution is 2.21. The van der Waals surface area contributed by atoms with E-state index in [1.54, 1.807) is 6.07 Å². The van der Waals surface area contributed by atoms with E-state index in [-0.39, 0.29) is 11.3 Å². The number of nitro benzene ring substituents is 1. The van der Waals surface area contributed by atoms with Gasteiger partial charge in [0.1, 0.15) is 6.07 Å². The molecule has 0 fully saturated rings. The highest BCUT2D eigenvalue weighted by Gasteiger charge is 2.10. The minimum atomic E-state index is -0.505. The van der Waals surface area contributed by atoms with Crippen LogP contribution in [0.3, 0.4) is 0 Å². The molecule has 0 atom stereocenters. The predicted octanol–water partition coefficient (Wildman–Crippen LogP) is 3.12. The Morgan fingerprint density at radius 2 is 1.95 bits per heavy atom. The second-order valence-electron chi connectivity index (χ2n) is 4.26. The Morgan fingerprint density at radius 3 is 2.60 bits per heavy atom. The summed E-state index contributed by atoms with van der Waals surface area (Å²) in [7, 11) is 0. The molecule has 0 amide bonds. The maximum Gasteiger partial charge on any atom is 0.270 e. The summed E-state index contributed by atoms with van der Waals surface area (Å²) >= 11 is 0. The fraction of sp³-hybridized carbons (Fsp3) is 0.133. The summed E-state index contributed by atoms with van der Waals surface area (Å²) in [5.74, 6) is 0. The number of hydrogen-bond acceptors (Lipinski definition) is 4. The first-order valence-electron chi connectivity index (χ1n) is 6.17. The molecule has 2 rings (SSSR count). The average Bonchev–Trinajstić information content (AvgIpc) is 2.48. The molecule has 0 unspecified atom stereocenters. The van der Waals surface area contributed by atoms with Gasteiger partial charge in [0, 0.05) is 18.7 Å². The fourth-order valence-electron chi connectivity index (χ4n) is 1.88. The van der Waals surface area contributed by atoms with E-state index in [0.717, 1.165) is 6.42 Å². The zero-order valence-electron chi connectivity index (χ0n) is 10.7. The maximum absolute atomic E-state index is 10.7. The largest absolute Gasteiger partial charge is 0.384 e. The topological polar surface area (TPSA) is 79.0 Å². The molecule has 0 bridgehead atoms.